The lowest BCUT2D eigenvalue weighted by Gasteiger charge is -2.13. The van der Waals surface area contributed by atoms with Crippen LogP contribution < -0.4 is 5.32 Å². The lowest BCUT2D eigenvalue weighted by atomic mass is 10.1. The highest BCUT2D eigenvalue weighted by molar-refractivity contribution is 6.32. The quantitative estimate of drug-likeness (QED) is 0.651. The summed E-state index contributed by atoms with van der Waals surface area (Å²) in [5.74, 6) is 0.518. The number of hydrogen-bond donors (Lipinski definition) is 1. The summed E-state index contributed by atoms with van der Waals surface area (Å²) >= 11 is 5.98. The number of hydrogen-bond acceptors (Lipinski definition) is 4. The highest BCUT2D eigenvalue weighted by Gasteiger charge is 2.29. The number of carbonyl (C=O) groups is 1. The number of amides is 1. The summed E-state index contributed by atoms with van der Waals surface area (Å²) < 4.78 is 17.6. The van der Waals surface area contributed by atoms with E-state index < -0.39 is 5.82 Å². The van der Waals surface area contributed by atoms with Gasteiger partial charge in [-0.3, -0.25) is 9.48 Å². The van der Waals surface area contributed by atoms with Crippen molar-refractivity contribution in [1.82, 2.24) is 24.6 Å². The Morgan fingerprint density at radius 2 is 2.23 bits per heavy atom. The monoisotopic (exact) mass is 426 g/mol. The van der Waals surface area contributed by atoms with E-state index in [1.54, 1.807) is 29.2 Å². The van der Waals surface area contributed by atoms with Crippen molar-refractivity contribution in [1.29, 1.82) is 5.26 Å². The van der Waals surface area contributed by atoms with Crippen molar-refractivity contribution in [2.45, 2.75) is 38.3 Å². The Hall–Kier alpha value is -3.18. The zero-order valence-corrected chi connectivity index (χ0v) is 17.3. The zero-order valence-electron chi connectivity index (χ0n) is 16.6. The number of nitrogens with one attached hydrogen (secondary N) is 1. The van der Waals surface area contributed by atoms with Gasteiger partial charge in [-0.15, -0.1) is 0 Å². The molecule has 1 atom stereocenters. The minimum absolute atomic E-state index is 0.0450. The van der Waals surface area contributed by atoms with Gasteiger partial charge in [0.2, 0.25) is 0 Å². The van der Waals surface area contributed by atoms with Crippen LogP contribution >= 0.6 is 11.6 Å². The lowest BCUT2D eigenvalue weighted by molar-refractivity contribution is 0.0931. The van der Waals surface area contributed by atoms with E-state index in [1.165, 1.54) is 12.1 Å². The van der Waals surface area contributed by atoms with E-state index in [4.69, 9.17) is 16.9 Å². The number of nitrogens with zero attached hydrogens (tertiary/aromatic N) is 5. The van der Waals surface area contributed by atoms with E-state index >= 15 is 0 Å². The van der Waals surface area contributed by atoms with Crippen LogP contribution in [0, 0.1) is 17.1 Å². The molecule has 9 heteroatoms. The first-order valence-electron chi connectivity index (χ1n) is 9.62. The first-order valence-corrected chi connectivity index (χ1v) is 10.0. The Balaban J connectivity index is 1.42. The van der Waals surface area contributed by atoms with Gasteiger partial charge in [-0.2, -0.15) is 10.4 Å². The maximum absolute atomic E-state index is 14.0. The first kappa shape index (κ1) is 20.1. The summed E-state index contributed by atoms with van der Waals surface area (Å²) in [6.07, 6.45) is 5.75. The van der Waals surface area contributed by atoms with E-state index in [0.29, 0.717) is 29.4 Å². The van der Waals surface area contributed by atoms with Crippen LogP contribution in [-0.2, 0) is 13.6 Å². The first-order chi connectivity index (χ1) is 14.4. The Kier molecular flexibility index (Phi) is 5.31. The van der Waals surface area contributed by atoms with Crippen LogP contribution in [0.15, 0.2) is 30.6 Å². The molecule has 7 nitrogen and oxygen atoms in total. The van der Waals surface area contributed by atoms with Crippen LogP contribution in [0.3, 0.4) is 0 Å². The molecule has 1 aliphatic rings. The molecule has 0 radical (unpaired) electrons. The number of aryl methyl sites for hydroxylation is 1. The summed E-state index contributed by atoms with van der Waals surface area (Å²) in [6, 6.07) is 6.02. The largest absolute Gasteiger partial charge is 0.346 e. The number of carbonyl (C=O) groups excluding carboxylic acids is 1. The molecular formula is C21H20ClFN6O. The van der Waals surface area contributed by atoms with Gasteiger partial charge in [0, 0.05) is 37.0 Å². The van der Waals surface area contributed by atoms with E-state index in [0.717, 1.165) is 18.7 Å². The molecule has 154 valence electrons. The fraction of sp³-hybridized carbons (Fsp3) is 0.333. The molecule has 1 amide bonds. The molecule has 2 heterocycles. The van der Waals surface area contributed by atoms with Crippen LogP contribution in [0.2, 0.25) is 5.02 Å². The third-order valence-corrected chi connectivity index (χ3v) is 5.31. The summed E-state index contributed by atoms with van der Waals surface area (Å²) in [4.78, 5) is 17.0. The maximum Gasteiger partial charge on any atom is 0.271 e. The molecule has 2 aromatic heterocycles. The van der Waals surface area contributed by atoms with Crippen LogP contribution in [0.4, 0.5) is 4.39 Å². The number of rotatable bonds is 6. The van der Waals surface area contributed by atoms with Gasteiger partial charge in [0.15, 0.2) is 0 Å². The van der Waals surface area contributed by atoms with Crippen LogP contribution in [-0.4, -0.2) is 31.3 Å². The molecule has 1 fully saturated rings. The standard InChI is InChI=1S/C21H20ClFN6O/c1-12(25-21(30)19-11-28(2)20(26-19)13-3-4-13)10-29-6-5-18(27-29)14-7-16(22)15(9-24)17(23)8-14/h5-8,11-13H,3-4,10H2,1-2H3,(H,25,30). The summed E-state index contributed by atoms with van der Waals surface area (Å²) in [5, 5.41) is 16.3. The summed E-state index contributed by atoms with van der Waals surface area (Å²) in [7, 11) is 1.91. The van der Waals surface area contributed by atoms with Crippen molar-refractivity contribution in [3.63, 3.8) is 0 Å². The number of imidazole rings is 1. The smallest absolute Gasteiger partial charge is 0.271 e. The van der Waals surface area contributed by atoms with Crippen LogP contribution in [0.1, 0.15) is 47.6 Å². The Bertz CT molecular complexity index is 1130. The molecule has 1 unspecified atom stereocenters. The van der Waals surface area contributed by atoms with Crippen molar-refractivity contribution in [2.24, 2.45) is 7.05 Å². The number of aromatic nitrogens is 4. The van der Waals surface area contributed by atoms with Gasteiger partial charge < -0.3 is 9.88 Å². The Morgan fingerprint density at radius 3 is 2.90 bits per heavy atom. The number of nitriles is 1. The fourth-order valence-corrected chi connectivity index (χ4v) is 3.63. The second kappa shape index (κ2) is 7.92. The van der Waals surface area contributed by atoms with Crippen molar-refractivity contribution in [3.05, 3.63) is 58.5 Å². The molecule has 1 aromatic carbocycles. The third-order valence-electron chi connectivity index (χ3n) is 5.02. The molecule has 1 saturated carbocycles. The van der Waals surface area contributed by atoms with Crippen molar-refractivity contribution < 1.29 is 9.18 Å². The van der Waals surface area contributed by atoms with E-state index in [1.807, 2.05) is 18.5 Å². The highest BCUT2D eigenvalue weighted by Crippen LogP contribution is 2.39. The molecule has 0 saturated heterocycles. The number of halogens is 2. The minimum Gasteiger partial charge on any atom is -0.346 e. The van der Waals surface area contributed by atoms with Gasteiger partial charge in [-0.25, -0.2) is 9.37 Å². The Labute approximate surface area is 178 Å². The van der Waals surface area contributed by atoms with Gasteiger partial charge in [-0.1, -0.05) is 11.6 Å². The van der Waals surface area contributed by atoms with Gasteiger partial charge in [0.05, 0.1) is 17.3 Å². The predicted octanol–water partition coefficient (Wildman–Crippen LogP) is 3.64. The minimum atomic E-state index is -0.684. The second-order valence-electron chi connectivity index (χ2n) is 7.59. The third kappa shape index (κ3) is 4.07. The molecule has 1 aliphatic carbocycles. The van der Waals surface area contributed by atoms with Gasteiger partial charge in [-0.05, 0) is 38.0 Å². The second-order valence-corrected chi connectivity index (χ2v) is 8.00. The van der Waals surface area contributed by atoms with Gasteiger partial charge in [0.1, 0.15) is 29.0 Å². The topological polar surface area (TPSA) is 88.5 Å². The SMILES string of the molecule is CC(Cn1ccc(-c2cc(F)c(C#N)c(Cl)c2)n1)NC(=O)c1cn(C)c(C2CC2)n1. The maximum atomic E-state index is 14.0. The highest BCUT2D eigenvalue weighted by atomic mass is 35.5. The average Bonchev–Trinajstić information content (AvgIpc) is 3.29. The van der Waals surface area contributed by atoms with E-state index in [2.05, 4.69) is 15.4 Å². The molecule has 0 aliphatic heterocycles. The van der Waals surface area contributed by atoms with Crippen molar-refractivity contribution in [2.75, 3.05) is 0 Å². The van der Waals surface area contributed by atoms with Crippen molar-refractivity contribution >= 4 is 17.5 Å². The summed E-state index contributed by atoms with van der Waals surface area (Å²) in [6.45, 7) is 2.31. The molecule has 30 heavy (non-hydrogen) atoms. The molecule has 0 spiro atoms. The molecular weight excluding hydrogens is 407 g/mol. The van der Waals surface area contributed by atoms with Crippen LogP contribution in [0.5, 0.6) is 0 Å². The molecule has 0 bridgehead atoms. The van der Waals surface area contributed by atoms with Gasteiger partial charge >= 0.3 is 0 Å². The number of benzene rings is 1. The Morgan fingerprint density at radius 1 is 1.47 bits per heavy atom. The van der Waals surface area contributed by atoms with E-state index in [9.17, 15) is 9.18 Å². The van der Waals surface area contributed by atoms with Crippen LogP contribution in [0.25, 0.3) is 11.3 Å². The normalized spacial score (nSPS) is 14.4. The predicted molar refractivity (Wildman–Crippen MR) is 109 cm³/mol. The lowest BCUT2D eigenvalue weighted by Crippen LogP contribution is -2.36. The summed E-state index contributed by atoms with van der Waals surface area (Å²) in [5.41, 5.74) is 1.23. The molecule has 4 rings (SSSR count). The molecule has 3 aromatic rings. The fourth-order valence-electron chi connectivity index (χ4n) is 3.38. The average molecular weight is 427 g/mol. The van der Waals surface area contributed by atoms with Gasteiger partial charge in [0.25, 0.3) is 5.91 Å². The molecule has 1 N–H and O–H groups in total. The zero-order chi connectivity index (χ0) is 21.4. The van der Waals surface area contributed by atoms with Crippen molar-refractivity contribution in [3.8, 4) is 17.3 Å². The van der Waals surface area contributed by atoms with E-state index in [-0.39, 0.29) is 22.5 Å².